The molecule has 0 heterocycles. The number of rotatable bonds is 5. The van der Waals surface area contributed by atoms with E-state index < -0.39 is 22.7 Å². The molecule has 2 atom stereocenters. The number of carbonyl (C=O) groups excluding carboxylic acids is 3. The third-order valence-electron chi connectivity index (χ3n) is 3.03. The van der Waals surface area contributed by atoms with E-state index in [1.807, 2.05) is 31.2 Å². The number of esters is 1. The van der Waals surface area contributed by atoms with Gasteiger partial charge in [0, 0.05) is 4.92 Å². The van der Waals surface area contributed by atoms with Crippen molar-refractivity contribution in [3.8, 4) is 0 Å². The van der Waals surface area contributed by atoms with Crippen molar-refractivity contribution >= 4 is 12.1 Å². The first-order chi connectivity index (χ1) is 9.87. The van der Waals surface area contributed by atoms with Crippen molar-refractivity contribution < 1.29 is 24.0 Å². The first kappa shape index (κ1) is 18.5. The molecule has 0 spiro atoms. The molecule has 0 aliphatic heterocycles. The van der Waals surface area contributed by atoms with Gasteiger partial charge in [0.15, 0.2) is 0 Å². The first-order valence-electron chi connectivity index (χ1n) is 6.12. The molecule has 0 saturated carbocycles. The van der Waals surface area contributed by atoms with Crippen LogP contribution in [0.5, 0.6) is 0 Å². The second-order valence-electron chi connectivity index (χ2n) is 4.43. The largest absolute Gasteiger partial charge is 0.469 e. The van der Waals surface area contributed by atoms with E-state index in [2.05, 4.69) is 4.74 Å². The maximum atomic E-state index is 11.5. The number of methoxy groups -OCH3 is 1. The molecule has 1 unspecified atom stereocenters. The summed E-state index contributed by atoms with van der Waals surface area (Å²) in [5, 5.41) is 10.7. The summed E-state index contributed by atoms with van der Waals surface area (Å²) in [6.45, 7) is 3.31. The predicted molar refractivity (Wildman–Crippen MR) is 72.0 cm³/mol. The minimum absolute atomic E-state index is 0.250. The van der Waals surface area contributed by atoms with E-state index in [0.717, 1.165) is 11.1 Å². The van der Waals surface area contributed by atoms with Crippen LogP contribution in [0, 0.1) is 23.0 Å². The van der Waals surface area contributed by atoms with E-state index >= 15 is 0 Å². The van der Waals surface area contributed by atoms with Crippen LogP contribution in [0.3, 0.4) is 0 Å². The van der Waals surface area contributed by atoms with Crippen molar-refractivity contribution in [2.24, 2.45) is 5.92 Å². The standard InChI is InChI=1S/C13H17NO4.CO2/c1-9-4-6-11(7-5-9)12(8-14(16)17)10(2)13(15)18-3;2-1-3/h4-7,10,12H,8H2,1-3H3;/t10?,12-;/m1./s1. The van der Waals surface area contributed by atoms with E-state index in [9.17, 15) is 14.9 Å². The summed E-state index contributed by atoms with van der Waals surface area (Å²) < 4.78 is 4.66. The predicted octanol–water partition coefficient (Wildman–Crippen LogP) is 1.58. The van der Waals surface area contributed by atoms with E-state index in [4.69, 9.17) is 9.59 Å². The first-order valence-corrected chi connectivity index (χ1v) is 6.12. The summed E-state index contributed by atoms with van der Waals surface area (Å²) in [5.41, 5.74) is 1.86. The summed E-state index contributed by atoms with van der Waals surface area (Å²) >= 11 is 0. The van der Waals surface area contributed by atoms with Gasteiger partial charge in [-0.05, 0) is 12.5 Å². The molecule has 7 heteroatoms. The molecular formula is C14H17NO6. The lowest BCUT2D eigenvalue weighted by Crippen LogP contribution is -2.26. The van der Waals surface area contributed by atoms with Crippen LogP contribution in [-0.2, 0) is 19.1 Å². The molecule has 0 N–H and O–H groups in total. The molecular weight excluding hydrogens is 278 g/mol. The highest BCUT2D eigenvalue weighted by atomic mass is 16.6. The highest BCUT2D eigenvalue weighted by Crippen LogP contribution is 2.26. The lowest BCUT2D eigenvalue weighted by Gasteiger charge is -2.19. The van der Waals surface area contributed by atoms with Gasteiger partial charge in [-0.3, -0.25) is 14.9 Å². The molecule has 7 nitrogen and oxygen atoms in total. The van der Waals surface area contributed by atoms with Crippen molar-refractivity contribution in [2.75, 3.05) is 13.7 Å². The van der Waals surface area contributed by atoms with Crippen LogP contribution in [0.2, 0.25) is 0 Å². The molecule has 0 fully saturated rings. The fourth-order valence-corrected chi connectivity index (χ4v) is 1.88. The zero-order valence-corrected chi connectivity index (χ0v) is 12.1. The zero-order chi connectivity index (χ0) is 16.4. The van der Waals surface area contributed by atoms with E-state index in [0.29, 0.717) is 0 Å². The maximum absolute atomic E-state index is 11.5. The number of hydrogen-bond donors (Lipinski definition) is 0. The highest BCUT2D eigenvalue weighted by Gasteiger charge is 2.30. The van der Waals surface area contributed by atoms with E-state index in [1.165, 1.54) is 7.11 Å². The number of nitrogens with zero attached hydrogens (tertiary/aromatic N) is 1. The third kappa shape index (κ3) is 6.44. The molecule has 0 bridgehead atoms. The Hall–Kier alpha value is -2.53. The lowest BCUT2D eigenvalue weighted by molar-refractivity contribution is -0.484. The van der Waals surface area contributed by atoms with Crippen LogP contribution in [0.4, 0.5) is 0 Å². The number of aryl methyl sites for hydroxylation is 1. The Balaban J connectivity index is 0.00000122. The Morgan fingerprint density at radius 1 is 1.33 bits per heavy atom. The molecule has 0 aromatic heterocycles. The SMILES string of the molecule is COC(=O)C(C)[C@@H](C[N+](=O)[O-])c1ccc(C)cc1.O=C=O. The molecule has 0 radical (unpaired) electrons. The van der Waals surface area contributed by atoms with Gasteiger partial charge in [-0.25, -0.2) is 0 Å². The Morgan fingerprint density at radius 2 is 1.81 bits per heavy atom. The summed E-state index contributed by atoms with van der Waals surface area (Å²) in [6.07, 6.45) is 0.250. The Bertz CT molecular complexity index is 505. The minimum atomic E-state index is -0.539. The summed E-state index contributed by atoms with van der Waals surface area (Å²) in [5.74, 6) is -1.43. The Morgan fingerprint density at radius 3 is 2.19 bits per heavy atom. The fourth-order valence-electron chi connectivity index (χ4n) is 1.88. The van der Waals surface area contributed by atoms with Gasteiger partial charge in [-0.1, -0.05) is 36.8 Å². The average Bonchev–Trinajstić information content (AvgIpc) is 2.45. The number of ether oxygens (including phenoxy) is 1. The van der Waals surface area contributed by atoms with Crippen LogP contribution in [0.1, 0.15) is 24.0 Å². The number of benzene rings is 1. The Kier molecular flexibility index (Phi) is 8.26. The maximum Gasteiger partial charge on any atom is 0.373 e. The van der Waals surface area contributed by atoms with Gasteiger partial charge >= 0.3 is 12.1 Å². The molecule has 21 heavy (non-hydrogen) atoms. The zero-order valence-electron chi connectivity index (χ0n) is 12.1. The molecule has 114 valence electrons. The lowest BCUT2D eigenvalue weighted by atomic mass is 9.87. The number of hydrogen-bond acceptors (Lipinski definition) is 6. The summed E-state index contributed by atoms with van der Waals surface area (Å²) in [7, 11) is 1.29. The van der Waals surface area contributed by atoms with Gasteiger partial charge in [0.25, 0.3) is 0 Å². The van der Waals surface area contributed by atoms with Crippen molar-refractivity contribution in [2.45, 2.75) is 19.8 Å². The van der Waals surface area contributed by atoms with Gasteiger partial charge in [-0.15, -0.1) is 0 Å². The third-order valence-corrected chi connectivity index (χ3v) is 3.03. The van der Waals surface area contributed by atoms with Gasteiger partial charge in [0.1, 0.15) is 0 Å². The molecule has 0 saturated heterocycles. The fraction of sp³-hybridized carbons (Fsp3) is 0.429. The monoisotopic (exact) mass is 295 g/mol. The molecule has 0 aliphatic rings. The number of nitro groups is 1. The summed E-state index contributed by atoms with van der Waals surface area (Å²) in [6, 6.07) is 7.41. The van der Waals surface area contributed by atoms with E-state index in [-0.39, 0.29) is 12.7 Å². The quantitative estimate of drug-likeness (QED) is 0.464. The second-order valence-corrected chi connectivity index (χ2v) is 4.43. The van der Waals surface area contributed by atoms with Gasteiger partial charge in [-0.2, -0.15) is 9.59 Å². The van der Waals surface area contributed by atoms with Crippen molar-refractivity contribution in [3.63, 3.8) is 0 Å². The van der Waals surface area contributed by atoms with Gasteiger partial charge < -0.3 is 4.74 Å². The molecule has 0 amide bonds. The van der Waals surface area contributed by atoms with Crippen LogP contribution >= 0.6 is 0 Å². The topological polar surface area (TPSA) is 104 Å². The van der Waals surface area contributed by atoms with Gasteiger partial charge in [0.05, 0.1) is 18.9 Å². The van der Waals surface area contributed by atoms with Crippen LogP contribution < -0.4 is 0 Å². The summed E-state index contributed by atoms with van der Waals surface area (Å²) in [4.78, 5) is 38.1. The normalized spacial score (nSPS) is 12.1. The highest BCUT2D eigenvalue weighted by molar-refractivity contribution is 5.73. The molecule has 1 rings (SSSR count). The van der Waals surface area contributed by atoms with Crippen molar-refractivity contribution in [1.82, 2.24) is 0 Å². The van der Waals surface area contributed by atoms with Crippen LogP contribution in [0.15, 0.2) is 24.3 Å². The smallest absolute Gasteiger partial charge is 0.373 e. The number of carbonyl (C=O) groups is 1. The van der Waals surface area contributed by atoms with Gasteiger partial charge in [0.2, 0.25) is 6.54 Å². The minimum Gasteiger partial charge on any atom is -0.469 e. The van der Waals surface area contributed by atoms with Crippen LogP contribution in [0.25, 0.3) is 0 Å². The van der Waals surface area contributed by atoms with Crippen LogP contribution in [-0.4, -0.2) is 30.7 Å². The van der Waals surface area contributed by atoms with E-state index in [1.54, 1.807) is 6.92 Å². The molecule has 1 aromatic rings. The Labute approximate surface area is 122 Å². The second kappa shape index (κ2) is 9.39. The van der Waals surface area contributed by atoms with Crippen molar-refractivity contribution in [3.05, 3.63) is 45.5 Å². The molecule has 1 aromatic carbocycles. The average molecular weight is 295 g/mol. The van der Waals surface area contributed by atoms with Crippen molar-refractivity contribution in [1.29, 1.82) is 0 Å². The molecule has 0 aliphatic carbocycles.